The molecule has 0 amide bonds. The van der Waals surface area contributed by atoms with Crippen molar-refractivity contribution in [1.29, 1.82) is 0 Å². The lowest BCUT2D eigenvalue weighted by Crippen LogP contribution is -2.37. The average molecular weight is 1260 g/mol. The molecule has 0 aromatic heterocycles. The summed E-state index contributed by atoms with van der Waals surface area (Å²) in [7, 11) is 1.11. The number of quaternary nitrogens is 1. The van der Waals surface area contributed by atoms with Crippen LogP contribution < -0.4 is 4.89 Å². The van der Waals surface area contributed by atoms with Gasteiger partial charge in [-0.1, -0.05) is 278 Å². The van der Waals surface area contributed by atoms with Crippen molar-refractivity contribution >= 4 is 19.8 Å². The molecule has 0 aromatic rings. The van der Waals surface area contributed by atoms with Crippen molar-refractivity contribution in [2.75, 3.05) is 47.5 Å². The molecule has 0 aliphatic heterocycles. The number of phosphoric acid groups is 1. The first-order valence-electron chi connectivity index (χ1n) is 34.8. The molecule has 0 fully saturated rings. The molecule has 0 saturated heterocycles. The number of rotatable bonds is 61. The molecule has 0 radical (unpaired) electrons. The molecule has 0 heterocycles. The molecule has 0 aliphatic carbocycles. The van der Waals surface area contributed by atoms with Gasteiger partial charge in [-0.25, -0.2) is 0 Å². The first kappa shape index (κ1) is 84.6. The molecule has 2 unspecified atom stereocenters. The smallest absolute Gasteiger partial charge is 0.306 e. The van der Waals surface area contributed by atoms with Gasteiger partial charge in [-0.15, -0.1) is 0 Å². The van der Waals surface area contributed by atoms with Crippen LogP contribution in [0.4, 0.5) is 0 Å². The molecule has 0 rings (SSSR count). The van der Waals surface area contributed by atoms with E-state index in [-0.39, 0.29) is 26.1 Å². The molecular weight excluding hydrogens is 1130 g/mol. The molecule has 90 heavy (non-hydrogen) atoms. The van der Waals surface area contributed by atoms with Crippen molar-refractivity contribution in [1.82, 2.24) is 0 Å². The number of hydrogen-bond donors (Lipinski definition) is 0. The molecule has 10 heteroatoms. The second-order valence-electron chi connectivity index (χ2n) is 23.4. The second kappa shape index (κ2) is 68.0. The van der Waals surface area contributed by atoms with Crippen LogP contribution in [-0.4, -0.2) is 70.0 Å². The maximum absolute atomic E-state index is 12.9. The summed E-state index contributed by atoms with van der Waals surface area (Å²) in [5.41, 5.74) is 0. The quantitative estimate of drug-likeness (QED) is 0.0195. The van der Waals surface area contributed by atoms with E-state index < -0.39 is 32.5 Å². The Morgan fingerprint density at radius 2 is 0.600 bits per heavy atom. The van der Waals surface area contributed by atoms with E-state index in [1.54, 1.807) is 0 Å². The van der Waals surface area contributed by atoms with E-state index in [2.05, 4.69) is 220 Å². The van der Waals surface area contributed by atoms with Crippen LogP contribution in [0, 0.1) is 0 Å². The van der Waals surface area contributed by atoms with Crippen LogP contribution in [0.5, 0.6) is 0 Å². The Hall–Kier alpha value is -5.41. The summed E-state index contributed by atoms with van der Waals surface area (Å²) in [6.07, 6.45) is 108. The highest BCUT2D eigenvalue weighted by Gasteiger charge is 2.22. The van der Waals surface area contributed by atoms with Crippen molar-refractivity contribution in [3.05, 3.63) is 207 Å². The van der Waals surface area contributed by atoms with Gasteiger partial charge in [-0.3, -0.25) is 14.2 Å². The van der Waals surface area contributed by atoms with Gasteiger partial charge in [0.15, 0.2) is 6.10 Å². The lowest BCUT2D eigenvalue weighted by atomic mass is 10.0. The third kappa shape index (κ3) is 71.7. The normalized spacial score (nSPS) is 14.4. The van der Waals surface area contributed by atoms with Crippen LogP contribution in [-0.2, 0) is 32.7 Å². The number of phosphoric ester groups is 1. The van der Waals surface area contributed by atoms with Crippen molar-refractivity contribution < 1.29 is 42.1 Å². The predicted molar refractivity (Wildman–Crippen MR) is 387 cm³/mol. The van der Waals surface area contributed by atoms with Crippen LogP contribution in [0.1, 0.15) is 232 Å². The standard InChI is InChI=1S/C80H126NO8P/c1-6-8-10-12-14-16-18-20-22-24-26-28-30-32-33-34-35-36-37-38-39-40-41-42-43-44-45-46-47-49-51-53-55-57-59-61-63-65-67-69-71-73-80(83)89-78(77-88-90(84,85)87-75-74-81(3,4)5)76-86-79(82)72-70-68-66-64-62-60-58-56-54-52-50-48-31-29-27-25-23-21-19-17-15-13-11-9-7-2/h8-11,14-17,20-23,26-29,32-33,35-36,38-39,41-42,44-45,47-50,54,56,60,62,78H,6-7,12-13,18-19,24-25,30-31,34,37,40,43,46,51-53,55,57-59,61,63-77H2,1-5H3/b10-8-,11-9-,16-14-,17-15-,22-20-,23-21-,28-26-,29-27-,33-32-,36-35-,39-38-,42-41-,45-44-,49-47-,50-48-,56-54-,62-60-. The maximum atomic E-state index is 12.9. The predicted octanol–water partition coefficient (Wildman–Crippen LogP) is 22.4. The molecule has 0 aliphatic rings. The van der Waals surface area contributed by atoms with Gasteiger partial charge in [0.2, 0.25) is 0 Å². The van der Waals surface area contributed by atoms with Crippen LogP contribution in [0.3, 0.4) is 0 Å². The van der Waals surface area contributed by atoms with Gasteiger partial charge in [-0.2, -0.15) is 0 Å². The van der Waals surface area contributed by atoms with E-state index in [1.165, 1.54) is 38.5 Å². The number of unbranched alkanes of at least 4 members (excludes halogenated alkanes) is 13. The van der Waals surface area contributed by atoms with Crippen molar-refractivity contribution in [2.24, 2.45) is 0 Å². The Kier molecular flexibility index (Phi) is 63.9. The highest BCUT2D eigenvalue weighted by Crippen LogP contribution is 2.38. The monoisotopic (exact) mass is 1260 g/mol. The Bertz CT molecular complexity index is 2270. The minimum Gasteiger partial charge on any atom is -0.756 e. The number of likely N-dealkylation sites (N-methyl/N-ethyl adjacent to an activating group) is 1. The van der Waals surface area contributed by atoms with Gasteiger partial charge in [-0.05, 0) is 148 Å². The number of carbonyl (C=O) groups is 2. The Balaban J connectivity index is 4.18. The minimum atomic E-state index is -4.67. The summed E-state index contributed by atoms with van der Waals surface area (Å²) < 4.78 is 34.2. The third-order valence-corrected chi connectivity index (χ3v) is 14.8. The highest BCUT2D eigenvalue weighted by atomic mass is 31.2. The topological polar surface area (TPSA) is 111 Å². The SMILES string of the molecule is CC/C=C\C/C=C\C/C=C\C/C=C\C/C=C\C/C=C\C/C=C\C/C=C\C/C=C\C/C=C\CCCCCCCCCCCCC(=O)OC(COC(=O)CCCCC/C=C\C/C=C\C/C=C\C/C=C\C/C=C\C/C=C\C/C=C\CC)COP(=O)([O-])OCC[N+](C)(C)C. The first-order valence-corrected chi connectivity index (χ1v) is 36.3. The fourth-order valence-electron chi connectivity index (χ4n) is 8.55. The Morgan fingerprint density at radius 1 is 0.344 bits per heavy atom. The lowest BCUT2D eigenvalue weighted by Gasteiger charge is -2.28. The molecule has 0 saturated carbocycles. The summed E-state index contributed by atoms with van der Waals surface area (Å²) in [6, 6.07) is 0. The van der Waals surface area contributed by atoms with Gasteiger partial charge >= 0.3 is 11.9 Å². The zero-order valence-corrected chi connectivity index (χ0v) is 58.1. The summed E-state index contributed by atoms with van der Waals surface area (Å²) in [4.78, 5) is 38.0. The third-order valence-electron chi connectivity index (χ3n) is 13.8. The number of hydrogen-bond acceptors (Lipinski definition) is 8. The number of carbonyl (C=O) groups excluding carboxylic acids is 2. The first-order chi connectivity index (χ1) is 44.0. The number of allylic oxidation sites excluding steroid dienone is 34. The largest absolute Gasteiger partial charge is 0.756 e. The average Bonchev–Trinajstić information content (AvgIpc) is 3.62. The zero-order valence-electron chi connectivity index (χ0n) is 57.2. The second-order valence-corrected chi connectivity index (χ2v) is 24.8. The van der Waals surface area contributed by atoms with E-state index in [0.717, 1.165) is 154 Å². The fraction of sp³-hybridized carbons (Fsp3) is 0.550. The summed E-state index contributed by atoms with van der Waals surface area (Å²) >= 11 is 0. The summed E-state index contributed by atoms with van der Waals surface area (Å²) in [5.74, 6) is -0.892. The van der Waals surface area contributed by atoms with Gasteiger partial charge in [0.1, 0.15) is 19.8 Å². The Labute approximate surface area is 551 Å². The van der Waals surface area contributed by atoms with Gasteiger partial charge < -0.3 is 27.9 Å². The van der Waals surface area contributed by atoms with E-state index in [4.69, 9.17) is 18.5 Å². The van der Waals surface area contributed by atoms with Crippen LogP contribution in [0.15, 0.2) is 207 Å². The summed E-state index contributed by atoms with van der Waals surface area (Å²) in [5, 5.41) is 0. The van der Waals surface area contributed by atoms with Crippen LogP contribution in [0.25, 0.3) is 0 Å². The van der Waals surface area contributed by atoms with E-state index >= 15 is 0 Å². The molecule has 0 aromatic carbocycles. The van der Waals surface area contributed by atoms with Crippen LogP contribution >= 0.6 is 7.82 Å². The molecule has 0 N–H and O–H groups in total. The number of nitrogens with zero attached hydrogens (tertiary/aromatic N) is 1. The molecule has 2 atom stereocenters. The van der Waals surface area contributed by atoms with Gasteiger partial charge in [0.25, 0.3) is 7.82 Å². The van der Waals surface area contributed by atoms with Gasteiger partial charge in [0.05, 0.1) is 27.7 Å². The van der Waals surface area contributed by atoms with E-state index in [9.17, 15) is 19.0 Å². The maximum Gasteiger partial charge on any atom is 0.306 e. The summed E-state index contributed by atoms with van der Waals surface area (Å²) in [6.45, 7) is 3.94. The fourth-order valence-corrected chi connectivity index (χ4v) is 9.27. The van der Waals surface area contributed by atoms with E-state index in [0.29, 0.717) is 23.9 Å². The number of esters is 2. The van der Waals surface area contributed by atoms with Crippen molar-refractivity contribution in [2.45, 2.75) is 238 Å². The Morgan fingerprint density at radius 3 is 0.900 bits per heavy atom. The van der Waals surface area contributed by atoms with Gasteiger partial charge in [0, 0.05) is 12.8 Å². The lowest BCUT2D eigenvalue weighted by molar-refractivity contribution is -0.870. The van der Waals surface area contributed by atoms with Crippen molar-refractivity contribution in [3.63, 3.8) is 0 Å². The number of ether oxygens (including phenoxy) is 2. The van der Waals surface area contributed by atoms with E-state index in [1.807, 2.05) is 21.1 Å². The molecule has 0 bridgehead atoms. The molecule has 9 nitrogen and oxygen atoms in total. The minimum absolute atomic E-state index is 0.0489. The van der Waals surface area contributed by atoms with Crippen molar-refractivity contribution in [3.8, 4) is 0 Å². The van der Waals surface area contributed by atoms with Crippen LogP contribution in [0.2, 0.25) is 0 Å². The highest BCUT2D eigenvalue weighted by molar-refractivity contribution is 7.45. The molecular formula is C80H126NO8P. The molecule has 504 valence electrons. The zero-order chi connectivity index (χ0) is 65.5. The molecule has 0 spiro atoms.